The summed E-state index contributed by atoms with van der Waals surface area (Å²) in [5, 5.41) is 3.06. The average Bonchev–Trinajstić information content (AvgIpc) is 2.99. The summed E-state index contributed by atoms with van der Waals surface area (Å²) in [4.78, 5) is 12.6. The number of benzene rings is 1. The zero-order valence-electron chi connectivity index (χ0n) is 16.7. The van der Waals surface area contributed by atoms with Crippen LogP contribution in [0.1, 0.15) is 64.7 Å². The maximum absolute atomic E-state index is 12.8. The fraction of sp³-hybridized carbons (Fsp3) is 0.667. The van der Waals surface area contributed by atoms with E-state index in [1.165, 1.54) is 6.42 Å². The second-order valence-corrected chi connectivity index (χ2v) is 9.83. The van der Waals surface area contributed by atoms with Gasteiger partial charge in [-0.05, 0) is 56.9 Å². The summed E-state index contributed by atoms with van der Waals surface area (Å²) >= 11 is 0. The fourth-order valence-corrected chi connectivity index (χ4v) is 5.46. The summed E-state index contributed by atoms with van der Waals surface area (Å²) < 4.78 is 33.0. The van der Waals surface area contributed by atoms with Crippen LogP contribution in [-0.2, 0) is 14.8 Å². The molecule has 0 radical (unpaired) electrons. The quantitative estimate of drug-likeness (QED) is 0.782. The molecule has 1 amide bonds. The van der Waals surface area contributed by atoms with Crippen molar-refractivity contribution < 1.29 is 17.9 Å². The van der Waals surface area contributed by atoms with Crippen LogP contribution in [0.25, 0.3) is 0 Å². The van der Waals surface area contributed by atoms with Crippen molar-refractivity contribution in [2.45, 2.75) is 81.8 Å². The van der Waals surface area contributed by atoms with Gasteiger partial charge in [0.05, 0.1) is 4.90 Å². The molecule has 2 aliphatic rings. The molecule has 1 atom stereocenters. The minimum Gasteiger partial charge on any atom is -0.481 e. The molecule has 1 saturated carbocycles. The second kappa shape index (κ2) is 9.74. The number of ether oxygens (including phenoxy) is 1. The smallest absolute Gasteiger partial charge is 0.260 e. The Bertz CT molecular complexity index is 734. The van der Waals surface area contributed by atoms with Crippen LogP contribution in [0.15, 0.2) is 29.2 Å². The molecule has 1 saturated heterocycles. The summed E-state index contributed by atoms with van der Waals surface area (Å²) in [6.45, 7) is 2.89. The van der Waals surface area contributed by atoms with Crippen LogP contribution in [0.2, 0.25) is 0 Å². The molecule has 3 rings (SSSR count). The maximum Gasteiger partial charge on any atom is 0.260 e. The van der Waals surface area contributed by atoms with Gasteiger partial charge in [0.2, 0.25) is 10.0 Å². The highest BCUT2D eigenvalue weighted by molar-refractivity contribution is 7.89. The van der Waals surface area contributed by atoms with Gasteiger partial charge in [-0.25, -0.2) is 8.42 Å². The molecule has 1 aliphatic carbocycles. The van der Waals surface area contributed by atoms with E-state index >= 15 is 0 Å². The molecule has 1 heterocycles. The van der Waals surface area contributed by atoms with Crippen molar-refractivity contribution in [3.63, 3.8) is 0 Å². The van der Waals surface area contributed by atoms with Crippen LogP contribution < -0.4 is 10.1 Å². The summed E-state index contributed by atoms with van der Waals surface area (Å²) in [6.07, 6.45) is 8.99. The van der Waals surface area contributed by atoms with Crippen LogP contribution in [0.3, 0.4) is 0 Å². The molecule has 1 N–H and O–H groups in total. The first-order valence-corrected chi connectivity index (χ1v) is 12.0. The molecular weight excluding hydrogens is 376 g/mol. The van der Waals surface area contributed by atoms with Gasteiger partial charge < -0.3 is 10.1 Å². The molecule has 6 nitrogen and oxygen atoms in total. The Morgan fingerprint density at radius 3 is 2.18 bits per heavy atom. The number of amides is 1. The van der Waals surface area contributed by atoms with Crippen molar-refractivity contribution in [1.82, 2.24) is 9.62 Å². The molecular formula is C21H32N2O4S. The molecule has 2 fully saturated rings. The lowest BCUT2D eigenvalue weighted by atomic mass is 9.95. The van der Waals surface area contributed by atoms with E-state index in [-0.39, 0.29) is 16.8 Å². The largest absolute Gasteiger partial charge is 0.481 e. The van der Waals surface area contributed by atoms with Gasteiger partial charge in [0.25, 0.3) is 5.91 Å². The minimum atomic E-state index is -3.47. The minimum absolute atomic E-state index is 0.117. The van der Waals surface area contributed by atoms with Crippen molar-refractivity contribution in [3.05, 3.63) is 24.3 Å². The highest BCUT2D eigenvalue weighted by Gasteiger charge is 2.25. The Morgan fingerprint density at radius 2 is 1.57 bits per heavy atom. The summed E-state index contributed by atoms with van der Waals surface area (Å²) in [6, 6.07) is 6.65. The van der Waals surface area contributed by atoms with Gasteiger partial charge >= 0.3 is 0 Å². The van der Waals surface area contributed by atoms with Gasteiger partial charge in [-0.2, -0.15) is 4.31 Å². The molecule has 1 aromatic rings. The highest BCUT2D eigenvalue weighted by Crippen LogP contribution is 2.23. The zero-order chi connectivity index (χ0) is 20.0. The van der Waals surface area contributed by atoms with Gasteiger partial charge in [0, 0.05) is 19.1 Å². The first kappa shape index (κ1) is 21.1. The number of hydrogen-bond donors (Lipinski definition) is 1. The fourth-order valence-electron chi connectivity index (χ4n) is 3.94. The number of nitrogens with one attached hydrogen (secondary N) is 1. The van der Waals surface area contributed by atoms with E-state index in [9.17, 15) is 13.2 Å². The van der Waals surface area contributed by atoms with Gasteiger partial charge in [0.15, 0.2) is 6.10 Å². The van der Waals surface area contributed by atoms with Crippen molar-refractivity contribution in [2.24, 2.45) is 0 Å². The Morgan fingerprint density at radius 1 is 1.00 bits per heavy atom. The van der Waals surface area contributed by atoms with Gasteiger partial charge in [-0.15, -0.1) is 0 Å². The van der Waals surface area contributed by atoms with Gasteiger partial charge in [-0.1, -0.05) is 32.1 Å². The Kier molecular flexibility index (Phi) is 7.35. The van der Waals surface area contributed by atoms with Gasteiger partial charge in [-0.3, -0.25) is 4.79 Å². The lowest BCUT2D eigenvalue weighted by Crippen LogP contribution is -2.43. The van der Waals surface area contributed by atoms with Gasteiger partial charge in [0.1, 0.15) is 5.75 Å². The van der Waals surface area contributed by atoms with E-state index in [1.54, 1.807) is 35.5 Å². The van der Waals surface area contributed by atoms with E-state index < -0.39 is 16.1 Å². The number of sulfonamides is 1. The third-order valence-corrected chi connectivity index (χ3v) is 7.57. The third-order valence-electron chi connectivity index (χ3n) is 5.66. The maximum atomic E-state index is 12.8. The Labute approximate surface area is 168 Å². The molecule has 0 aromatic heterocycles. The van der Waals surface area contributed by atoms with E-state index in [1.807, 2.05) is 0 Å². The van der Waals surface area contributed by atoms with Crippen molar-refractivity contribution in [2.75, 3.05) is 13.1 Å². The van der Waals surface area contributed by atoms with Crippen LogP contribution in [-0.4, -0.2) is 43.9 Å². The first-order valence-electron chi connectivity index (χ1n) is 10.5. The number of carbonyl (C=O) groups is 1. The standard InChI is InChI=1S/C21H32N2O4S/c1-17(21(24)22-18-9-5-4-6-10-18)27-19-11-13-20(14-12-19)28(25,26)23-15-7-2-3-8-16-23/h11-14,17-18H,2-10,15-16H2,1H3,(H,22,24)/t17-/m0/s1. The molecule has 28 heavy (non-hydrogen) atoms. The lowest BCUT2D eigenvalue weighted by molar-refractivity contribution is -0.128. The molecule has 0 bridgehead atoms. The first-order chi connectivity index (χ1) is 13.5. The van der Waals surface area contributed by atoms with Crippen molar-refractivity contribution >= 4 is 15.9 Å². The highest BCUT2D eigenvalue weighted by atomic mass is 32.2. The monoisotopic (exact) mass is 408 g/mol. The summed E-state index contributed by atoms with van der Waals surface area (Å²) in [7, 11) is -3.47. The predicted molar refractivity (Wildman–Crippen MR) is 109 cm³/mol. The van der Waals surface area contributed by atoms with E-state index in [2.05, 4.69) is 5.32 Å². The normalized spacial score (nSPS) is 20.9. The molecule has 7 heteroatoms. The van der Waals surface area contributed by atoms with E-state index in [0.717, 1.165) is 51.4 Å². The Balaban J connectivity index is 1.58. The molecule has 1 aromatic carbocycles. The number of carbonyl (C=O) groups excluding carboxylic acids is 1. The van der Waals surface area contributed by atoms with Crippen LogP contribution in [0.4, 0.5) is 0 Å². The SMILES string of the molecule is C[C@H](Oc1ccc(S(=O)(=O)N2CCCCCC2)cc1)C(=O)NC1CCCCC1. The summed E-state index contributed by atoms with van der Waals surface area (Å²) in [5.74, 6) is 0.384. The van der Waals surface area contributed by atoms with Crippen molar-refractivity contribution in [3.8, 4) is 5.75 Å². The summed E-state index contributed by atoms with van der Waals surface area (Å²) in [5.41, 5.74) is 0. The van der Waals surface area contributed by atoms with Crippen molar-refractivity contribution in [1.29, 1.82) is 0 Å². The van der Waals surface area contributed by atoms with Crippen LogP contribution >= 0.6 is 0 Å². The topological polar surface area (TPSA) is 75.7 Å². The second-order valence-electron chi connectivity index (χ2n) is 7.89. The zero-order valence-corrected chi connectivity index (χ0v) is 17.5. The number of nitrogens with zero attached hydrogens (tertiary/aromatic N) is 1. The van der Waals surface area contributed by atoms with E-state index in [4.69, 9.17) is 4.74 Å². The third kappa shape index (κ3) is 5.47. The average molecular weight is 409 g/mol. The lowest BCUT2D eigenvalue weighted by Gasteiger charge is -2.24. The van der Waals surface area contributed by atoms with Crippen LogP contribution in [0, 0.1) is 0 Å². The predicted octanol–water partition coefficient (Wildman–Crippen LogP) is 3.47. The molecule has 0 spiro atoms. The molecule has 0 unspecified atom stereocenters. The molecule has 1 aliphatic heterocycles. The number of rotatable bonds is 6. The Hall–Kier alpha value is -1.60. The molecule has 156 valence electrons. The number of hydrogen-bond acceptors (Lipinski definition) is 4. The van der Waals surface area contributed by atoms with E-state index in [0.29, 0.717) is 18.8 Å². The van der Waals surface area contributed by atoms with Crippen LogP contribution in [0.5, 0.6) is 5.75 Å².